The van der Waals surface area contributed by atoms with Crippen molar-refractivity contribution < 1.29 is 13.2 Å². The second kappa shape index (κ2) is 8.00. The summed E-state index contributed by atoms with van der Waals surface area (Å²) in [6.45, 7) is 1.88. The highest BCUT2D eigenvalue weighted by molar-refractivity contribution is 7.92. The van der Waals surface area contributed by atoms with E-state index in [4.69, 9.17) is 11.6 Å². The summed E-state index contributed by atoms with van der Waals surface area (Å²) in [6.07, 6.45) is 6.18. The van der Waals surface area contributed by atoms with Gasteiger partial charge in [-0.2, -0.15) is 0 Å². The fourth-order valence-electron chi connectivity index (χ4n) is 4.35. The Balaban J connectivity index is 1.59. The molecule has 2 aromatic rings. The highest BCUT2D eigenvalue weighted by atomic mass is 35.5. The highest BCUT2D eigenvalue weighted by Gasteiger charge is 2.36. The van der Waals surface area contributed by atoms with Gasteiger partial charge in [-0.25, -0.2) is 8.42 Å². The number of nitrogens with one attached hydrogen (secondary N) is 1. The number of amides is 1. The van der Waals surface area contributed by atoms with Crippen LogP contribution in [0.25, 0.3) is 0 Å². The minimum atomic E-state index is -3.70. The van der Waals surface area contributed by atoms with Gasteiger partial charge >= 0.3 is 0 Å². The third-order valence-electron chi connectivity index (χ3n) is 5.81. The number of anilines is 1. The van der Waals surface area contributed by atoms with E-state index in [1.807, 2.05) is 13.0 Å². The normalized spacial score (nSPS) is 19.8. The predicted octanol–water partition coefficient (Wildman–Crippen LogP) is 4.54. The number of hydrogen-bond donors (Lipinski definition) is 1. The maximum atomic E-state index is 13.2. The van der Waals surface area contributed by atoms with Crippen LogP contribution in [-0.2, 0) is 16.4 Å². The van der Waals surface area contributed by atoms with Gasteiger partial charge in [-0.1, -0.05) is 30.9 Å². The van der Waals surface area contributed by atoms with Crippen LogP contribution in [0, 0.1) is 0 Å². The number of carbonyl (C=O) groups excluding carboxylic acids is 1. The summed E-state index contributed by atoms with van der Waals surface area (Å²) < 4.78 is 27.9. The Bertz CT molecular complexity index is 1010. The first-order chi connectivity index (χ1) is 13.9. The zero-order valence-corrected chi connectivity index (χ0v) is 18.0. The van der Waals surface area contributed by atoms with E-state index in [0.717, 1.165) is 31.2 Å². The van der Waals surface area contributed by atoms with Crippen molar-refractivity contribution in [2.75, 3.05) is 4.31 Å². The minimum absolute atomic E-state index is 0.0774. The van der Waals surface area contributed by atoms with Gasteiger partial charge in [0.2, 0.25) is 0 Å². The van der Waals surface area contributed by atoms with Crippen LogP contribution >= 0.6 is 11.6 Å². The smallest absolute Gasteiger partial charge is 0.264 e. The van der Waals surface area contributed by atoms with E-state index in [-0.39, 0.29) is 22.9 Å². The third-order valence-corrected chi connectivity index (χ3v) is 8.00. The van der Waals surface area contributed by atoms with E-state index < -0.39 is 10.0 Å². The van der Waals surface area contributed by atoms with E-state index in [1.165, 1.54) is 22.9 Å². The van der Waals surface area contributed by atoms with Crippen molar-refractivity contribution in [3.05, 3.63) is 58.6 Å². The molecule has 1 atom stereocenters. The zero-order chi connectivity index (χ0) is 20.6. The van der Waals surface area contributed by atoms with Crippen LogP contribution < -0.4 is 9.62 Å². The lowest BCUT2D eigenvalue weighted by molar-refractivity contribution is 0.0927. The molecule has 154 valence electrons. The van der Waals surface area contributed by atoms with Crippen molar-refractivity contribution in [2.24, 2.45) is 0 Å². The summed E-state index contributed by atoms with van der Waals surface area (Å²) in [7, 11) is -3.70. The number of rotatable bonds is 4. The fourth-order valence-corrected chi connectivity index (χ4v) is 6.16. The molecule has 0 spiro atoms. The largest absolute Gasteiger partial charge is 0.349 e. The molecule has 1 amide bonds. The molecule has 0 aromatic heterocycles. The maximum absolute atomic E-state index is 13.2. The lowest BCUT2D eigenvalue weighted by Gasteiger charge is -2.25. The van der Waals surface area contributed by atoms with Crippen LogP contribution in [0.5, 0.6) is 0 Å². The van der Waals surface area contributed by atoms with Crippen molar-refractivity contribution in [3.8, 4) is 0 Å². The molecule has 5 nitrogen and oxygen atoms in total. The zero-order valence-electron chi connectivity index (χ0n) is 16.4. The van der Waals surface area contributed by atoms with Crippen molar-refractivity contribution >= 4 is 33.2 Å². The molecule has 4 rings (SSSR count). The molecule has 1 aliphatic carbocycles. The third kappa shape index (κ3) is 4.01. The van der Waals surface area contributed by atoms with Crippen LogP contribution in [-0.4, -0.2) is 26.4 Å². The number of halogens is 1. The van der Waals surface area contributed by atoms with E-state index in [1.54, 1.807) is 24.3 Å². The standard InChI is InChI=1S/C22H25ClN2O3S/c1-15-13-17-14-16(22(26)24-19-5-3-2-4-6-19)7-12-21(17)25(15)29(27,28)20-10-8-18(23)9-11-20/h7-12,14-15,19H,2-6,13H2,1H3,(H,24,26)/t15-/m0/s1. The minimum Gasteiger partial charge on any atom is -0.349 e. The van der Waals surface area contributed by atoms with E-state index in [9.17, 15) is 13.2 Å². The Morgan fingerprint density at radius 1 is 1.07 bits per heavy atom. The number of fused-ring (bicyclic) bond motifs is 1. The van der Waals surface area contributed by atoms with Gasteiger partial charge in [0.25, 0.3) is 15.9 Å². The van der Waals surface area contributed by atoms with Crippen LogP contribution in [0.15, 0.2) is 47.4 Å². The molecule has 1 fully saturated rings. The topological polar surface area (TPSA) is 66.5 Å². The number of nitrogens with zero attached hydrogens (tertiary/aromatic N) is 1. The summed E-state index contributed by atoms with van der Waals surface area (Å²) in [4.78, 5) is 12.9. The molecule has 1 aliphatic heterocycles. The number of benzene rings is 2. The first-order valence-electron chi connectivity index (χ1n) is 10.1. The van der Waals surface area contributed by atoms with Crippen molar-refractivity contribution in [1.29, 1.82) is 0 Å². The lowest BCUT2D eigenvalue weighted by atomic mass is 9.95. The molecular formula is C22H25ClN2O3S. The molecule has 2 aliphatic rings. The first-order valence-corrected chi connectivity index (χ1v) is 11.9. The average Bonchev–Trinajstić information content (AvgIpc) is 3.04. The van der Waals surface area contributed by atoms with Gasteiger partial charge in [0.05, 0.1) is 10.6 Å². The van der Waals surface area contributed by atoms with E-state index in [0.29, 0.717) is 22.7 Å². The molecule has 7 heteroatoms. The second-order valence-electron chi connectivity index (χ2n) is 7.96. The summed E-state index contributed by atoms with van der Waals surface area (Å²) in [5, 5.41) is 3.62. The van der Waals surface area contributed by atoms with Crippen LogP contribution in [0.4, 0.5) is 5.69 Å². The molecule has 2 aromatic carbocycles. The van der Waals surface area contributed by atoms with Crippen molar-refractivity contribution in [1.82, 2.24) is 5.32 Å². The molecular weight excluding hydrogens is 408 g/mol. The Morgan fingerprint density at radius 3 is 2.45 bits per heavy atom. The van der Waals surface area contributed by atoms with Gasteiger partial charge in [0.15, 0.2) is 0 Å². The fraction of sp³-hybridized carbons (Fsp3) is 0.409. The summed E-state index contributed by atoms with van der Waals surface area (Å²) in [6, 6.07) is 11.5. The summed E-state index contributed by atoms with van der Waals surface area (Å²) >= 11 is 5.90. The summed E-state index contributed by atoms with van der Waals surface area (Å²) in [5.41, 5.74) is 2.11. The van der Waals surface area contributed by atoms with Crippen LogP contribution in [0.2, 0.25) is 5.02 Å². The maximum Gasteiger partial charge on any atom is 0.264 e. The molecule has 1 heterocycles. The Morgan fingerprint density at radius 2 is 1.76 bits per heavy atom. The molecule has 0 unspecified atom stereocenters. The molecule has 0 bridgehead atoms. The van der Waals surface area contributed by atoms with E-state index in [2.05, 4.69) is 5.32 Å². The quantitative estimate of drug-likeness (QED) is 0.771. The van der Waals surface area contributed by atoms with Gasteiger partial charge in [0.1, 0.15) is 0 Å². The monoisotopic (exact) mass is 432 g/mol. The Labute approximate surface area is 177 Å². The molecule has 0 radical (unpaired) electrons. The SMILES string of the molecule is C[C@H]1Cc2cc(C(=O)NC3CCCCC3)ccc2N1S(=O)(=O)c1ccc(Cl)cc1. The molecule has 0 saturated heterocycles. The number of sulfonamides is 1. The van der Waals surface area contributed by atoms with Gasteiger partial charge in [-0.05, 0) is 74.2 Å². The second-order valence-corrected chi connectivity index (χ2v) is 10.2. The van der Waals surface area contributed by atoms with Crippen molar-refractivity contribution in [3.63, 3.8) is 0 Å². The molecule has 1 N–H and O–H groups in total. The van der Waals surface area contributed by atoms with Gasteiger partial charge in [-0.3, -0.25) is 9.10 Å². The number of hydrogen-bond acceptors (Lipinski definition) is 3. The lowest BCUT2D eigenvalue weighted by Crippen LogP contribution is -2.36. The van der Waals surface area contributed by atoms with Gasteiger partial charge < -0.3 is 5.32 Å². The van der Waals surface area contributed by atoms with Gasteiger partial charge in [-0.15, -0.1) is 0 Å². The summed E-state index contributed by atoms with van der Waals surface area (Å²) in [5.74, 6) is -0.0774. The average molecular weight is 433 g/mol. The van der Waals surface area contributed by atoms with E-state index >= 15 is 0 Å². The van der Waals surface area contributed by atoms with Crippen LogP contribution in [0.1, 0.15) is 54.9 Å². The molecule has 1 saturated carbocycles. The van der Waals surface area contributed by atoms with Crippen LogP contribution in [0.3, 0.4) is 0 Å². The first kappa shape index (κ1) is 20.2. The number of carbonyl (C=O) groups is 1. The molecule has 29 heavy (non-hydrogen) atoms. The van der Waals surface area contributed by atoms with Crippen molar-refractivity contribution in [2.45, 2.75) is 62.4 Å². The Hall–Kier alpha value is -2.05. The highest BCUT2D eigenvalue weighted by Crippen LogP contribution is 2.37. The predicted molar refractivity (Wildman–Crippen MR) is 115 cm³/mol. The van der Waals surface area contributed by atoms with Gasteiger partial charge in [0, 0.05) is 22.7 Å². The Kier molecular flexibility index (Phi) is 5.58.